The molecule has 28 heavy (non-hydrogen) atoms. The molecule has 0 spiro atoms. The van der Waals surface area contributed by atoms with Crippen LogP contribution in [0.2, 0.25) is 0 Å². The summed E-state index contributed by atoms with van der Waals surface area (Å²) in [4.78, 5) is 25.7. The third-order valence-corrected chi connectivity index (χ3v) is 4.66. The SMILES string of the molecule is CC(C)c1cccc(O[C@H](C)C(=O)NCc2cccc(N3CCOC3=O)c2)c1. The van der Waals surface area contributed by atoms with Gasteiger partial charge in [-0.15, -0.1) is 0 Å². The summed E-state index contributed by atoms with van der Waals surface area (Å²) < 4.78 is 10.8. The van der Waals surface area contributed by atoms with Gasteiger partial charge in [0.1, 0.15) is 12.4 Å². The van der Waals surface area contributed by atoms with Crippen molar-refractivity contribution >= 4 is 17.7 Å². The predicted octanol–water partition coefficient (Wildman–Crippen LogP) is 3.85. The fraction of sp³-hybridized carbons (Fsp3) is 0.364. The van der Waals surface area contributed by atoms with Crippen LogP contribution in [0.5, 0.6) is 5.75 Å². The summed E-state index contributed by atoms with van der Waals surface area (Å²) >= 11 is 0. The molecule has 2 aromatic rings. The molecule has 6 heteroatoms. The Morgan fingerprint density at radius 1 is 1.18 bits per heavy atom. The van der Waals surface area contributed by atoms with Crippen molar-refractivity contribution in [3.8, 4) is 5.75 Å². The Hall–Kier alpha value is -3.02. The monoisotopic (exact) mass is 382 g/mol. The summed E-state index contributed by atoms with van der Waals surface area (Å²) in [6.07, 6.45) is -0.953. The Balaban J connectivity index is 1.56. The third kappa shape index (κ3) is 4.82. The highest BCUT2D eigenvalue weighted by molar-refractivity contribution is 5.89. The van der Waals surface area contributed by atoms with Gasteiger partial charge in [-0.3, -0.25) is 9.69 Å². The molecule has 1 heterocycles. The lowest BCUT2D eigenvalue weighted by Crippen LogP contribution is -2.36. The first-order valence-corrected chi connectivity index (χ1v) is 9.51. The topological polar surface area (TPSA) is 67.9 Å². The van der Waals surface area contributed by atoms with Crippen LogP contribution in [0, 0.1) is 0 Å². The molecule has 0 bridgehead atoms. The zero-order valence-corrected chi connectivity index (χ0v) is 16.5. The van der Waals surface area contributed by atoms with Gasteiger partial charge < -0.3 is 14.8 Å². The van der Waals surface area contributed by atoms with E-state index in [2.05, 4.69) is 19.2 Å². The molecule has 0 saturated carbocycles. The summed E-state index contributed by atoms with van der Waals surface area (Å²) in [5.41, 5.74) is 2.84. The average molecular weight is 382 g/mol. The number of hydrogen-bond donors (Lipinski definition) is 1. The van der Waals surface area contributed by atoms with Gasteiger partial charge in [0.2, 0.25) is 0 Å². The van der Waals surface area contributed by atoms with Crippen LogP contribution < -0.4 is 15.0 Å². The van der Waals surface area contributed by atoms with E-state index in [1.807, 2.05) is 48.5 Å². The van der Waals surface area contributed by atoms with Crippen molar-refractivity contribution in [2.45, 2.75) is 39.3 Å². The summed E-state index contributed by atoms with van der Waals surface area (Å²) in [5.74, 6) is 0.886. The molecule has 2 amide bonds. The van der Waals surface area contributed by atoms with Gasteiger partial charge in [-0.1, -0.05) is 38.1 Å². The number of carbonyl (C=O) groups excluding carboxylic acids is 2. The van der Waals surface area contributed by atoms with Crippen LogP contribution in [0.3, 0.4) is 0 Å². The molecular formula is C22H26N2O4. The number of benzene rings is 2. The first kappa shape index (κ1) is 19.7. The first-order chi connectivity index (χ1) is 13.4. The second kappa shape index (κ2) is 8.78. The number of ether oxygens (including phenoxy) is 2. The fourth-order valence-corrected chi connectivity index (χ4v) is 3.00. The van der Waals surface area contributed by atoms with Crippen molar-refractivity contribution in [2.75, 3.05) is 18.1 Å². The van der Waals surface area contributed by atoms with E-state index in [1.165, 1.54) is 5.56 Å². The molecule has 0 unspecified atom stereocenters. The van der Waals surface area contributed by atoms with Crippen molar-refractivity contribution in [3.05, 3.63) is 59.7 Å². The normalized spacial score (nSPS) is 14.7. The molecule has 6 nitrogen and oxygen atoms in total. The van der Waals surface area contributed by atoms with Crippen molar-refractivity contribution in [2.24, 2.45) is 0 Å². The Bertz CT molecular complexity index is 850. The molecule has 1 aliphatic rings. The van der Waals surface area contributed by atoms with Crippen LogP contribution in [0.4, 0.5) is 10.5 Å². The zero-order valence-electron chi connectivity index (χ0n) is 16.5. The van der Waals surface area contributed by atoms with E-state index in [-0.39, 0.29) is 12.0 Å². The second-order valence-electron chi connectivity index (χ2n) is 7.14. The maximum absolute atomic E-state index is 12.4. The summed E-state index contributed by atoms with van der Waals surface area (Å²) in [6, 6.07) is 15.3. The minimum absolute atomic E-state index is 0.194. The number of carbonyl (C=O) groups is 2. The molecule has 1 saturated heterocycles. The predicted molar refractivity (Wildman–Crippen MR) is 108 cm³/mol. The number of nitrogens with zero attached hydrogens (tertiary/aromatic N) is 1. The average Bonchev–Trinajstić information content (AvgIpc) is 3.12. The summed E-state index contributed by atoms with van der Waals surface area (Å²) in [5, 5.41) is 2.89. The number of anilines is 1. The summed E-state index contributed by atoms with van der Waals surface area (Å²) in [6.45, 7) is 7.25. The quantitative estimate of drug-likeness (QED) is 0.790. The molecule has 0 radical (unpaired) electrons. The van der Waals surface area contributed by atoms with Gasteiger partial charge in [-0.2, -0.15) is 0 Å². The number of hydrogen-bond acceptors (Lipinski definition) is 4. The molecule has 0 aromatic heterocycles. The van der Waals surface area contributed by atoms with E-state index in [0.29, 0.717) is 31.4 Å². The molecule has 3 rings (SSSR count). The van der Waals surface area contributed by atoms with E-state index >= 15 is 0 Å². The van der Waals surface area contributed by atoms with Crippen molar-refractivity contribution < 1.29 is 19.1 Å². The smallest absolute Gasteiger partial charge is 0.414 e. The van der Waals surface area contributed by atoms with Crippen LogP contribution in [0.1, 0.15) is 37.8 Å². The van der Waals surface area contributed by atoms with E-state index in [1.54, 1.807) is 11.8 Å². The van der Waals surface area contributed by atoms with E-state index in [9.17, 15) is 9.59 Å². The van der Waals surface area contributed by atoms with Crippen LogP contribution in [-0.4, -0.2) is 31.3 Å². The number of cyclic esters (lactones) is 1. The lowest BCUT2D eigenvalue weighted by Gasteiger charge is -2.17. The Labute approximate surface area is 165 Å². The number of amides is 2. The van der Waals surface area contributed by atoms with Gasteiger partial charge in [-0.25, -0.2) is 4.79 Å². The Morgan fingerprint density at radius 2 is 1.96 bits per heavy atom. The van der Waals surface area contributed by atoms with Crippen molar-refractivity contribution in [1.82, 2.24) is 5.32 Å². The molecule has 1 N–H and O–H groups in total. The summed E-state index contributed by atoms with van der Waals surface area (Å²) in [7, 11) is 0. The molecule has 0 aliphatic carbocycles. The minimum Gasteiger partial charge on any atom is -0.481 e. The van der Waals surface area contributed by atoms with Gasteiger partial charge in [0.05, 0.1) is 6.54 Å². The van der Waals surface area contributed by atoms with Crippen LogP contribution in [-0.2, 0) is 16.1 Å². The Morgan fingerprint density at radius 3 is 2.68 bits per heavy atom. The van der Waals surface area contributed by atoms with Gasteiger partial charge in [-0.05, 0) is 48.2 Å². The molecule has 1 aliphatic heterocycles. The number of nitrogens with one attached hydrogen (secondary N) is 1. The zero-order chi connectivity index (χ0) is 20.1. The van der Waals surface area contributed by atoms with E-state index < -0.39 is 6.10 Å². The van der Waals surface area contributed by atoms with Crippen LogP contribution >= 0.6 is 0 Å². The Kier molecular flexibility index (Phi) is 6.19. The molecule has 148 valence electrons. The molecule has 1 fully saturated rings. The molecule has 1 atom stereocenters. The first-order valence-electron chi connectivity index (χ1n) is 9.51. The van der Waals surface area contributed by atoms with E-state index in [0.717, 1.165) is 11.3 Å². The highest BCUT2D eigenvalue weighted by Crippen LogP contribution is 2.22. The highest BCUT2D eigenvalue weighted by atomic mass is 16.6. The number of rotatable bonds is 7. The van der Waals surface area contributed by atoms with Gasteiger partial charge in [0.25, 0.3) is 5.91 Å². The van der Waals surface area contributed by atoms with Crippen LogP contribution in [0.15, 0.2) is 48.5 Å². The van der Waals surface area contributed by atoms with E-state index in [4.69, 9.17) is 9.47 Å². The second-order valence-corrected chi connectivity index (χ2v) is 7.14. The standard InChI is InChI=1S/C22H26N2O4/c1-15(2)18-7-5-9-20(13-18)28-16(3)21(25)23-14-17-6-4-8-19(12-17)24-10-11-27-22(24)26/h4-9,12-13,15-16H,10-11,14H2,1-3H3,(H,23,25)/t16-/m1/s1. The van der Waals surface area contributed by atoms with Crippen LogP contribution in [0.25, 0.3) is 0 Å². The maximum Gasteiger partial charge on any atom is 0.414 e. The largest absolute Gasteiger partial charge is 0.481 e. The van der Waals surface area contributed by atoms with Gasteiger partial charge in [0.15, 0.2) is 6.10 Å². The molecule has 2 aromatic carbocycles. The van der Waals surface area contributed by atoms with Gasteiger partial charge in [0, 0.05) is 12.2 Å². The fourth-order valence-electron chi connectivity index (χ4n) is 3.00. The highest BCUT2D eigenvalue weighted by Gasteiger charge is 2.23. The maximum atomic E-state index is 12.4. The lowest BCUT2D eigenvalue weighted by molar-refractivity contribution is -0.127. The van der Waals surface area contributed by atoms with Crippen molar-refractivity contribution in [3.63, 3.8) is 0 Å². The van der Waals surface area contributed by atoms with Gasteiger partial charge >= 0.3 is 6.09 Å². The van der Waals surface area contributed by atoms with Crippen molar-refractivity contribution in [1.29, 1.82) is 0 Å². The lowest BCUT2D eigenvalue weighted by atomic mass is 10.0. The minimum atomic E-state index is -0.612. The third-order valence-electron chi connectivity index (χ3n) is 4.66. The molecular weight excluding hydrogens is 356 g/mol.